The van der Waals surface area contributed by atoms with E-state index in [4.69, 9.17) is 9.47 Å². The molecule has 61 heavy (non-hydrogen) atoms. The van der Waals surface area contributed by atoms with Crippen LogP contribution in [0.4, 0.5) is 0 Å². The zero-order chi connectivity index (χ0) is 44.2. The van der Waals surface area contributed by atoms with Crippen LogP contribution in [-0.2, 0) is 19.1 Å². The topological polar surface area (TPSA) is 72.8 Å². The Kier molecular flexibility index (Phi) is 51.8. The number of hydrogen-bond donors (Lipinski definition) is 1. The summed E-state index contributed by atoms with van der Waals surface area (Å²) >= 11 is 0. The third kappa shape index (κ3) is 51.2. The lowest BCUT2D eigenvalue weighted by atomic mass is 10.0. The molecule has 0 spiro atoms. The highest BCUT2D eigenvalue weighted by Crippen LogP contribution is 2.18. The van der Waals surface area contributed by atoms with Crippen molar-refractivity contribution in [2.75, 3.05) is 13.2 Å². The minimum atomic E-state index is -0.770. The van der Waals surface area contributed by atoms with Gasteiger partial charge in [0.05, 0.1) is 6.61 Å². The molecule has 0 aliphatic rings. The first-order chi connectivity index (χ1) is 30.1. The van der Waals surface area contributed by atoms with Crippen molar-refractivity contribution < 1.29 is 24.2 Å². The van der Waals surface area contributed by atoms with Crippen molar-refractivity contribution in [2.45, 2.75) is 322 Å². The fourth-order valence-corrected chi connectivity index (χ4v) is 8.61. The van der Waals surface area contributed by atoms with Crippen molar-refractivity contribution in [1.82, 2.24) is 0 Å². The molecule has 5 nitrogen and oxygen atoms in total. The number of hydrogen-bond acceptors (Lipinski definition) is 5. The second kappa shape index (κ2) is 53.0. The monoisotopic (exact) mass is 861 g/mol. The Morgan fingerprint density at radius 1 is 0.361 bits per heavy atom. The van der Waals surface area contributed by atoms with Gasteiger partial charge in [-0.1, -0.05) is 276 Å². The van der Waals surface area contributed by atoms with Gasteiger partial charge in [0.2, 0.25) is 0 Å². The lowest BCUT2D eigenvalue weighted by Gasteiger charge is -2.15. The summed E-state index contributed by atoms with van der Waals surface area (Å²) in [5, 5.41) is 9.60. The molecule has 0 aliphatic heterocycles. The van der Waals surface area contributed by atoms with Gasteiger partial charge in [0, 0.05) is 12.8 Å². The molecule has 0 radical (unpaired) electrons. The van der Waals surface area contributed by atoms with Crippen molar-refractivity contribution >= 4 is 11.9 Å². The van der Waals surface area contributed by atoms with Crippen LogP contribution < -0.4 is 0 Å². The molecule has 0 saturated carbocycles. The number of carbonyl (C=O) groups is 2. The van der Waals surface area contributed by atoms with Crippen LogP contribution in [0.1, 0.15) is 316 Å². The quantitative estimate of drug-likeness (QED) is 0.0375. The third-order valence-corrected chi connectivity index (χ3v) is 12.8. The highest BCUT2D eigenvalue weighted by atomic mass is 16.6. The Morgan fingerprint density at radius 2 is 0.607 bits per heavy atom. The lowest BCUT2D eigenvalue weighted by Crippen LogP contribution is -2.28. The molecule has 0 heterocycles. The molecular formula is C56H108O5. The van der Waals surface area contributed by atoms with E-state index in [0.29, 0.717) is 12.8 Å². The van der Waals surface area contributed by atoms with E-state index in [9.17, 15) is 14.7 Å². The third-order valence-electron chi connectivity index (χ3n) is 12.8. The van der Waals surface area contributed by atoms with Crippen LogP contribution in [0.2, 0.25) is 0 Å². The summed E-state index contributed by atoms with van der Waals surface area (Å²) in [5.74, 6) is -0.584. The van der Waals surface area contributed by atoms with Gasteiger partial charge in [0.1, 0.15) is 6.61 Å². The maximum absolute atomic E-state index is 12.2. The summed E-state index contributed by atoms with van der Waals surface area (Å²) in [6.07, 6.45) is 64.9. The molecule has 0 aromatic carbocycles. The molecule has 0 amide bonds. The van der Waals surface area contributed by atoms with Gasteiger partial charge >= 0.3 is 11.9 Å². The average molecular weight is 861 g/mol. The van der Waals surface area contributed by atoms with Gasteiger partial charge in [0.25, 0.3) is 0 Å². The maximum Gasteiger partial charge on any atom is 0.306 e. The number of rotatable bonds is 52. The van der Waals surface area contributed by atoms with Gasteiger partial charge in [-0.3, -0.25) is 9.59 Å². The van der Waals surface area contributed by atoms with Crippen molar-refractivity contribution in [3.05, 3.63) is 12.2 Å². The van der Waals surface area contributed by atoms with Gasteiger partial charge in [-0.2, -0.15) is 0 Å². The van der Waals surface area contributed by atoms with Crippen molar-refractivity contribution in [1.29, 1.82) is 0 Å². The summed E-state index contributed by atoms with van der Waals surface area (Å²) in [6.45, 7) is 4.16. The normalized spacial score (nSPS) is 12.1. The summed E-state index contributed by atoms with van der Waals surface area (Å²) in [4.78, 5) is 24.4. The second-order valence-electron chi connectivity index (χ2n) is 19.0. The van der Waals surface area contributed by atoms with E-state index in [-0.39, 0.29) is 25.2 Å². The molecule has 0 aromatic rings. The van der Waals surface area contributed by atoms with E-state index >= 15 is 0 Å². The summed E-state index contributed by atoms with van der Waals surface area (Å²) in [5.41, 5.74) is 0. The first-order valence-electron chi connectivity index (χ1n) is 27.7. The second-order valence-corrected chi connectivity index (χ2v) is 19.0. The number of aliphatic hydroxyl groups excluding tert-OH is 1. The number of aliphatic hydroxyl groups is 1. The van der Waals surface area contributed by atoms with Crippen molar-refractivity contribution in [3.63, 3.8) is 0 Å². The summed E-state index contributed by atoms with van der Waals surface area (Å²) in [6, 6.07) is 0. The molecule has 0 fully saturated rings. The standard InChI is InChI=1S/C56H108O5/c1-3-5-7-9-11-13-15-17-18-19-20-21-22-23-24-25-26-27-28-29-30-31-32-33-34-35-36-37-39-40-42-44-46-48-50-55(58)60-53-54(52-57)61-56(59)51-49-47-45-43-41-38-16-14-12-10-8-6-4-2/h14,16,54,57H,3-13,15,17-53H2,1-2H3/b16-14-. The first kappa shape index (κ1) is 59.6. The summed E-state index contributed by atoms with van der Waals surface area (Å²) in [7, 11) is 0. The Balaban J connectivity index is 3.35. The Bertz CT molecular complexity index is 886. The fourth-order valence-electron chi connectivity index (χ4n) is 8.61. The van der Waals surface area contributed by atoms with Crippen LogP contribution in [0.3, 0.4) is 0 Å². The van der Waals surface area contributed by atoms with Gasteiger partial charge in [0.15, 0.2) is 6.10 Å². The highest BCUT2D eigenvalue weighted by molar-refractivity contribution is 5.70. The predicted octanol–water partition coefficient (Wildman–Crippen LogP) is 18.4. The van der Waals surface area contributed by atoms with Crippen LogP contribution in [0.15, 0.2) is 12.2 Å². The van der Waals surface area contributed by atoms with Gasteiger partial charge in [-0.05, 0) is 38.5 Å². The Hall–Kier alpha value is -1.36. The molecule has 0 rings (SSSR count). The number of esters is 2. The molecule has 0 saturated heterocycles. The molecule has 1 unspecified atom stereocenters. The van der Waals surface area contributed by atoms with Crippen LogP contribution in [-0.4, -0.2) is 36.4 Å². The minimum Gasteiger partial charge on any atom is -0.462 e. The van der Waals surface area contributed by atoms with Crippen molar-refractivity contribution in [3.8, 4) is 0 Å². The van der Waals surface area contributed by atoms with Crippen LogP contribution in [0, 0.1) is 0 Å². The number of allylic oxidation sites excluding steroid dienone is 2. The van der Waals surface area contributed by atoms with E-state index in [1.807, 2.05) is 0 Å². The molecule has 1 atom stereocenters. The van der Waals surface area contributed by atoms with E-state index in [1.54, 1.807) is 0 Å². The molecule has 362 valence electrons. The smallest absolute Gasteiger partial charge is 0.306 e. The first-order valence-corrected chi connectivity index (χ1v) is 27.7. The van der Waals surface area contributed by atoms with E-state index in [2.05, 4.69) is 26.0 Å². The van der Waals surface area contributed by atoms with Crippen LogP contribution >= 0.6 is 0 Å². The lowest BCUT2D eigenvalue weighted by molar-refractivity contribution is -0.161. The Labute approximate surface area is 381 Å². The molecular weight excluding hydrogens is 753 g/mol. The molecule has 1 N–H and O–H groups in total. The van der Waals surface area contributed by atoms with Crippen LogP contribution in [0.5, 0.6) is 0 Å². The number of unbranched alkanes of at least 4 members (excludes halogenated alkanes) is 42. The zero-order valence-electron chi connectivity index (χ0n) is 41.5. The summed E-state index contributed by atoms with van der Waals surface area (Å²) < 4.78 is 10.7. The molecule has 0 aliphatic carbocycles. The largest absolute Gasteiger partial charge is 0.462 e. The van der Waals surface area contributed by atoms with Gasteiger partial charge < -0.3 is 14.6 Å². The van der Waals surface area contributed by atoms with Crippen molar-refractivity contribution in [2.24, 2.45) is 0 Å². The van der Waals surface area contributed by atoms with E-state index < -0.39 is 6.10 Å². The van der Waals surface area contributed by atoms with Gasteiger partial charge in [-0.25, -0.2) is 0 Å². The van der Waals surface area contributed by atoms with Gasteiger partial charge in [-0.15, -0.1) is 0 Å². The Morgan fingerprint density at radius 3 is 0.902 bits per heavy atom. The molecule has 0 aromatic heterocycles. The predicted molar refractivity (Wildman–Crippen MR) is 265 cm³/mol. The van der Waals surface area contributed by atoms with Crippen LogP contribution in [0.25, 0.3) is 0 Å². The molecule has 0 bridgehead atoms. The minimum absolute atomic E-state index is 0.0626. The fraction of sp³-hybridized carbons (Fsp3) is 0.929. The SMILES string of the molecule is CCCCCC/C=C\CCCCCCCC(=O)OC(CO)COC(=O)CCCCCCCCCCCCCCCCCCCCCCCCCCCCCCCCCCCC. The average Bonchev–Trinajstić information content (AvgIpc) is 3.26. The molecule has 5 heteroatoms. The maximum atomic E-state index is 12.2. The number of ether oxygens (including phenoxy) is 2. The zero-order valence-corrected chi connectivity index (χ0v) is 41.5. The highest BCUT2D eigenvalue weighted by Gasteiger charge is 2.16. The van der Waals surface area contributed by atoms with E-state index in [0.717, 1.165) is 38.5 Å². The van der Waals surface area contributed by atoms with E-state index in [1.165, 1.54) is 250 Å². The number of carbonyl (C=O) groups excluding carboxylic acids is 2.